The van der Waals surface area contributed by atoms with Crippen LogP contribution in [0, 0.1) is 6.92 Å². The second-order valence-electron chi connectivity index (χ2n) is 5.09. The zero-order valence-electron chi connectivity index (χ0n) is 11.6. The highest BCUT2D eigenvalue weighted by Gasteiger charge is 2.27. The maximum Gasteiger partial charge on any atom is 0.195 e. The lowest BCUT2D eigenvalue weighted by Gasteiger charge is -2.04. The summed E-state index contributed by atoms with van der Waals surface area (Å²) in [6, 6.07) is 13.2. The zero-order valence-corrected chi connectivity index (χ0v) is 11.6. The SMILES string of the molecule is CCc1ccccc1-c1c(-c2cc(O)ccc2C)c1=O. The van der Waals surface area contributed by atoms with Crippen LogP contribution in [0.2, 0.25) is 0 Å². The third kappa shape index (κ3) is 1.94. The number of benzene rings is 2. The minimum atomic E-state index is 0.0969. The number of phenolic OH excluding ortho intramolecular Hbond substituents is 1. The molecule has 0 aromatic heterocycles. The molecule has 0 aliphatic carbocycles. The van der Waals surface area contributed by atoms with Crippen LogP contribution in [0.5, 0.6) is 5.75 Å². The molecular weight excluding hydrogens is 248 g/mol. The summed E-state index contributed by atoms with van der Waals surface area (Å²) in [7, 11) is 0. The Balaban J connectivity index is 2.13. The Kier molecular flexibility index (Phi) is 2.94. The van der Waals surface area contributed by atoms with E-state index in [1.807, 2.05) is 31.2 Å². The van der Waals surface area contributed by atoms with Gasteiger partial charge < -0.3 is 5.11 Å². The molecule has 0 amide bonds. The molecule has 100 valence electrons. The fourth-order valence-electron chi connectivity index (χ4n) is 2.64. The molecule has 2 heteroatoms. The van der Waals surface area contributed by atoms with Crippen molar-refractivity contribution in [3.8, 4) is 28.0 Å². The first kappa shape index (κ1) is 12.7. The summed E-state index contributed by atoms with van der Waals surface area (Å²) in [6.07, 6.45) is 0.902. The van der Waals surface area contributed by atoms with E-state index >= 15 is 0 Å². The lowest BCUT2D eigenvalue weighted by atomic mass is 10.0. The van der Waals surface area contributed by atoms with Crippen molar-refractivity contribution in [3.63, 3.8) is 0 Å². The standard InChI is InChI=1S/C18H16O2/c1-3-12-6-4-5-7-14(12)16-17(18(16)20)15-10-13(19)9-8-11(15)2/h4-10,19H,3H2,1-2H3. The zero-order chi connectivity index (χ0) is 14.3. The number of aromatic hydroxyl groups is 1. The van der Waals surface area contributed by atoms with E-state index in [9.17, 15) is 9.90 Å². The minimum Gasteiger partial charge on any atom is -0.508 e. The third-order valence-corrected chi connectivity index (χ3v) is 3.80. The van der Waals surface area contributed by atoms with E-state index < -0.39 is 0 Å². The van der Waals surface area contributed by atoms with Crippen LogP contribution in [-0.4, -0.2) is 5.11 Å². The quantitative estimate of drug-likeness (QED) is 0.780. The van der Waals surface area contributed by atoms with Gasteiger partial charge >= 0.3 is 0 Å². The monoisotopic (exact) mass is 264 g/mol. The fraction of sp³-hybridized carbons (Fsp3) is 0.167. The maximum absolute atomic E-state index is 12.2. The van der Waals surface area contributed by atoms with Crippen molar-refractivity contribution in [2.75, 3.05) is 0 Å². The summed E-state index contributed by atoms with van der Waals surface area (Å²) < 4.78 is 0. The van der Waals surface area contributed by atoms with Crippen molar-refractivity contribution in [2.24, 2.45) is 0 Å². The van der Waals surface area contributed by atoms with Crippen LogP contribution in [0.4, 0.5) is 0 Å². The van der Waals surface area contributed by atoms with Crippen molar-refractivity contribution in [1.82, 2.24) is 0 Å². The van der Waals surface area contributed by atoms with Crippen molar-refractivity contribution < 1.29 is 5.11 Å². The van der Waals surface area contributed by atoms with Gasteiger partial charge in [0.05, 0.1) is 0 Å². The first-order chi connectivity index (χ1) is 9.63. The van der Waals surface area contributed by atoms with Gasteiger partial charge in [0.25, 0.3) is 0 Å². The molecule has 0 radical (unpaired) electrons. The van der Waals surface area contributed by atoms with Crippen LogP contribution in [0.15, 0.2) is 47.3 Å². The molecule has 0 heterocycles. The van der Waals surface area contributed by atoms with Gasteiger partial charge in [-0.25, -0.2) is 0 Å². The van der Waals surface area contributed by atoms with Gasteiger partial charge in [0.2, 0.25) is 0 Å². The van der Waals surface area contributed by atoms with E-state index in [-0.39, 0.29) is 11.2 Å². The van der Waals surface area contributed by atoms with E-state index in [4.69, 9.17) is 0 Å². The lowest BCUT2D eigenvalue weighted by molar-refractivity contribution is 0.475. The lowest BCUT2D eigenvalue weighted by Crippen LogP contribution is -1.85. The van der Waals surface area contributed by atoms with Crippen LogP contribution in [0.25, 0.3) is 22.3 Å². The Labute approximate surface area is 118 Å². The first-order valence-electron chi connectivity index (χ1n) is 6.80. The molecule has 0 aliphatic heterocycles. The predicted octanol–water partition coefficient (Wildman–Crippen LogP) is 3.83. The van der Waals surface area contributed by atoms with Gasteiger partial charge in [-0.2, -0.15) is 0 Å². The molecule has 3 aromatic carbocycles. The van der Waals surface area contributed by atoms with Crippen LogP contribution in [0.1, 0.15) is 18.1 Å². The van der Waals surface area contributed by atoms with Gasteiger partial charge in [-0.1, -0.05) is 37.3 Å². The Bertz CT molecular complexity index is 790. The molecular formula is C18H16O2. The molecule has 0 saturated carbocycles. The molecule has 3 aromatic rings. The Morgan fingerprint density at radius 2 is 1.70 bits per heavy atom. The van der Waals surface area contributed by atoms with E-state index in [1.165, 1.54) is 5.56 Å². The van der Waals surface area contributed by atoms with Crippen molar-refractivity contribution in [3.05, 3.63) is 63.8 Å². The van der Waals surface area contributed by atoms with Crippen LogP contribution in [-0.2, 0) is 6.42 Å². The Morgan fingerprint density at radius 1 is 1.00 bits per heavy atom. The van der Waals surface area contributed by atoms with Gasteiger partial charge in [0, 0.05) is 11.1 Å². The fourth-order valence-corrected chi connectivity index (χ4v) is 2.64. The third-order valence-electron chi connectivity index (χ3n) is 3.80. The van der Waals surface area contributed by atoms with E-state index in [1.54, 1.807) is 12.1 Å². The normalized spacial score (nSPS) is 11.1. The largest absolute Gasteiger partial charge is 0.508 e. The minimum absolute atomic E-state index is 0.0969. The average Bonchev–Trinajstić information content (AvgIpc) is 3.12. The number of rotatable bonds is 3. The highest BCUT2D eigenvalue weighted by Crippen LogP contribution is 2.38. The summed E-state index contributed by atoms with van der Waals surface area (Å²) in [5.74, 6) is 0.195. The number of phenols is 1. The number of hydrogen-bond acceptors (Lipinski definition) is 2. The summed E-state index contributed by atoms with van der Waals surface area (Å²) in [6.45, 7) is 4.04. The topological polar surface area (TPSA) is 37.3 Å². The predicted molar refractivity (Wildman–Crippen MR) is 81.7 cm³/mol. The Morgan fingerprint density at radius 3 is 2.45 bits per heavy atom. The maximum atomic E-state index is 12.2. The molecule has 2 nitrogen and oxygen atoms in total. The smallest absolute Gasteiger partial charge is 0.195 e. The van der Waals surface area contributed by atoms with E-state index in [0.29, 0.717) is 0 Å². The number of hydrogen-bond donors (Lipinski definition) is 1. The average molecular weight is 264 g/mol. The van der Waals surface area contributed by atoms with Crippen LogP contribution < -0.4 is 5.43 Å². The molecule has 0 atom stereocenters. The Hall–Kier alpha value is -2.35. The highest BCUT2D eigenvalue weighted by molar-refractivity contribution is 5.96. The summed E-state index contributed by atoms with van der Waals surface area (Å²) in [5.41, 5.74) is 5.71. The van der Waals surface area contributed by atoms with Crippen LogP contribution in [0.3, 0.4) is 0 Å². The molecule has 0 unspecified atom stereocenters. The summed E-state index contributed by atoms with van der Waals surface area (Å²) in [4.78, 5) is 12.2. The molecule has 3 rings (SSSR count). The second kappa shape index (κ2) is 4.64. The molecule has 0 aliphatic rings. The van der Waals surface area contributed by atoms with Crippen molar-refractivity contribution in [1.29, 1.82) is 0 Å². The molecule has 1 N–H and O–H groups in total. The molecule has 0 saturated heterocycles. The highest BCUT2D eigenvalue weighted by atomic mass is 16.3. The van der Waals surface area contributed by atoms with Gasteiger partial charge in [0.15, 0.2) is 5.43 Å². The van der Waals surface area contributed by atoms with Gasteiger partial charge in [0.1, 0.15) is 5.75 Å². The molecule has 0 bridgehead atoms. The van der Waals surface area contributed by atoms with Crippen molar-refractivity contribution in [2.45, 2.75) is 20.3 Å². The summed E-state index contributed by atoms with van der Waals surface area (Å²) in [5, 5.41) is 9.62. The van der Waals surface area contributed by atoms with Gasteiger partial charge in [-0.15, -0.1) is 0 Å². The van der Waals surface area contributed by atoms with E-state index in [2.05, 4.69) is 13.0 Å². The van der Waals surface area contributed by atoms with Crippen molar-refractivity contribution >= 4 is 0 Å². The molecule has 0 spiro atoms. The molecule has 20 heavy (non-hydrogen) atoms. The van der Waals surface area contributed by atoms with Gasteiger partial charge in [-0.3, -0.25) is 4.79 Å². The van der Waals surface area contributed by atoms with E-state index in [0.717, 1.165) is 34.2 Å². The van der Waals surface area contributed by atoms with Gasteiger partial charge in [-0.05, 0) is 47.7 Å². The van der Waals surface area contributed by atoms with Crippen LogP contribution >= 0.6 is 0 Å². The first-order valence-corrected chi connectivity index (χ1v) is 6.80. The second-order valence-corrected chi connectivity index (χ2v) is 5.09. The number of aryl methyl sites for hydroxylation is 2. The molecule has 0 fully saturated rings. The summed E-state index contributed by atoms with van der Waals surface area (Å²) >= 11 is 0.